The van der Waals surface area contributed by atoms with Crippen molar-refractivity contribution in [3.63, 3.8) is 0 Å². The molecule has 1 aliphatic heterocycles. The van der Waals surface area contributed by atoms with E-state index in [4.69, 9.17) is 9.84 Å². The van der Waals surface area contributed by atoms with Crippen molar-refractivity contribution >= 4 is 17.7 Å². The molecule has 0 amide bonds. The van der Waals surface area contributed by atoms with Gasteiger partial charge in [-0.05, 0) is 43.6 Å². The minimum atomic E-state index is -0.904. The second-order valence-electron chi connectivity index (χ2n) is 4.31. The highest BCUT2D eigenvalue weighted by Crippen LogP contribution is 2.21. The lowest BCUT2D eigenvalue weighted by Gasteiger charge is -2.08. The van der Waals surface area contributed by atoms with Crippen molar-refractivity contribution in [3.05, 3.63) is 23.9 Å². The molecule has 2 rings (SSSR count). The van der Waals surface area contributed by atoms with Crippen LogP contribution in [-0.4, -0.2) is 34.5 Å². The quantitative estimate of drug-likeness (QED) is 0.634. The maximum absolute atomic E-state index is 10.8. The van der Waals surface area contributed by atoms with Crippen LogP contribution in [0.2, 0.25) is 0 Å². The number of hydrogen-bond acceptors (Lipinski definition) is 4. The number of carboxylic acids is 1. The molecular formula is C13H17NO3S. The number of carbonyl (C=O) groups is 1. The average molecular weight is 267 g/mol. The van der Waals surface area contributed by atoms with Crippen molar-refractivity contribution in [1.29, 1.82) is 0 Å². The largest absolute Gasteiger partial charge is 0.478 e. The van der Waals surface area contributed by atoms with E-state index in [1.807, 2.05) is 0 Å². The van der Waals surface area contributed by atoms with Gasteiger partial charge in [-0.2, -0.15) is 0 Å². The molecule has 1 N–H and O–H groups in total. The zero-order chi connectivity index (χ0) is 12.8. The topological polar surface area (TPSA) is 59.4 Å². The molecular weight excluding hydrogens is 250 g/mol. The van der Waals surface area contributed by atoms with Gasteiger partial charge in [0, 0.05) is 12.8 Å². The third kappa shape index (κ3) is 3.99. The van der Waals surface area contributed by atoms with Gasteiger partial charge >= 0.3 is 5.97 Å². The van der Waals surface area contributed by atoms with Crippen molar-refractivity contribution in [2.75, 3.05) is 12.4 Å². The Morgan fingerprint density at radius 3 is 3.22 bits per heavy atom. The second kappa shape index (κ2) is 6.75. The SMILES string of the molecule is O=C(O)c1ccnc(SCCCC2CCCO2)c1. The maximum Gasteiger partial charge on any atom is 0.335 e. The predicted octanol–water partition coefficient (Wildman–Crippen LogP) is 2.83. The van der Waals surface area contributed by atoms with Crippen LogP contribution >= 0.6 is 11.8 Å². The summed E-state index contributed by atoms with van der Waals surface area (Å²) in [5, 5.41) is 9.65. The first kappa shape index (κ1) is 13.4. The standard InChI is InChI=1S/C13H17NO3S/c15-13(16)10-5-6-14-12(9-10)18-8-2-4-11-3-1-7-17-11/h5-6,9,11H,1-4,7-8H2,(H,15,16). The molecule has 18 heavy (non-hydrogen) atoms. The number of aromatic nitrogens is 1. The van der Waals surface area contributed by atoms with Crippen LogP contribution in [0.15, 0.2) is 23.4 Å². The van der Waals surface area contributed by atoms with Crippen LogP contribution < -0.4 is 0 Å². The van der Waals surface area contributed by atoms with Gasteiger partial charge in [-0.25, -0.2) is 9.78 Å². The van der Waals surface area contributed by atoms with Gasteiger partial charge in [0.2, 0.25) is 0 Å². The molecule has 1 aliphatic rings. The van der Waals surface area contributed by atoms with Gasteiger partial charge in [-0.1, -0.05) is 0 Å². The van der Waals surface area contributed by atoms with E-state index in [2.05, 4.69) is 4.98 Å². The number of rotatable bonds is 6. The van der Waals surface area contributed by atoms with Crippen LogP contribution in [0.3, 0.4) is 0 Å². The zero-order valence-corrected chi connectivity index (χ0v) is 11.0. The molecule has 0 aromatic carbocycles. The molecule has 1 aromatic rings. The Balaban J connectivity index is 1.72. The number of aromatic carboxylic acids is 1. The highest BCUT2D eigenvalue weighted by molar-refractivity contribution is 7.99. The first-order valence-electron chi connectivity index (χ1n) is 6.19. The number of thioether (sulfide) groups is 1. The van der Waals surface area contributed by atoms with E-state index < -0.39 is 5.97 Å². The van der Waals surface area contributed by atoms with Gasteiger partial charge in [0.05, 0.1) is 16.7 Å². The van der Waals surface area contributed by atoms with Crippen LogP contribution in [0.1, 0.15) is 36.0 Å². The summed E-state index contributed by atoms with van der Waals surface area (Å²) in [6.07, 6.45) is 6.51. The van der Waals surface area contributed by atoms with Crippen molar-refractivity contribution < 1.29 is 14.6 Å². The van der Waals surface area contributed by atoms with E-state index in [-0.39, 0.29) is 0 Å². The average Bonchev–Trinajstić information content (AvgIpc) is 2.88. The molecule has 0 aliphatic carbocycles. The van der Waals surface area contributed by atoms with E-state index in [0.717, 1.165) is 30.2 Å². The van der Waals surface area contributed by atoms with Gasteiger partial charge in [0.1, 0.15) is 0 Å². The predicted molar refractivity (Wildman–Crippen MR) is 70.1 cm³/mol. The van der Waals surface area contributed by atoms with Crippen LogP contribution in [0.5, 0.6) is 0 Å². The molecule has 0 bridgehead atoms. The van der Waals surface area contributed by atoms with Crippen LogP contribution in [0.25, 0.3) is 0 Å². The highest BCUT2D eigenvalue weighted by Gasteiger charge is 2.14. The molecule has 2 heterocycles. The molecule has 5 heteroatoms. The lowest BCUT2D eigenvalue weighted by atomic mass is 10.1. The fourth-order valence-corrected chi connectivity index (χ4v) is 2.85. The number of pyridine rings is 1. The summed E-state index contributed by atoms with van der Waals surface area (Å²) in [7, 11) is 0. The molecule has 0 radical (unpaired) electrons. The summed E-state index contributed by atoms with van der Waals surface area (Å²) in [5.41, 5.74) is 0.298. The number of ether oxygens (including phenoxy) is 1. The molecule has 4 nitrogen and oxygen atoms in total. The highest BCUT2D eigenvalue weighted by atomic mass is 32.2. The molecule has 1 fully saturated rings. The van der Waals surface area contributed by atoms with Gasteiger partial charge < -0.3 is 9.84 Å². The van der Waals surface area contributed by atoms with Crippen LogP contribution in [0.4, 0.5) is 0 Å². The summed E-state index contributed by atoms with van der Waals surface area (Å²) in [5.74, 6) is 0.0502. The smallest absolute Gasteiger partial charge is 0.335 e. The first-order chi connectivity index (χ1) is 8.75. The zero-order valence-electron chi connectivity index (χ0n) is 10.2. The Morgan fingerprint density at radius 1 is 1.61 bits per heavy atom. The van der Waals surface area contributed by atoms with Gasteiger partial charge in [-0.3, -0.25) is 0 Å². The summed E-state index contributed by atoms with van der Waals surface area (Å²) < 4.78 is 5.55. The Labute approximate surface area is 111 Å². The Bertz CT molecular complexity index is 405. The van der Waals surface area contributed by atoms with Crippen molar-refractivity contribution in [1.82, 2.24) is 4.98 Å². The second-order valence-corrected chi connectivity index (χ2v) is 5.43. The van der Waals surface area contributed by atoms with E-state index in [1.54, 1.807) is 24.0 Å². The molecule has 0 saturated carbocycles. The third-order valence-electron chi connectivity index (χ3n) is 2.93. The lowest BCUT2D eigenvalue weighted by Crippen LogP contribution is -2.04. The molecule has 1 saturated heterocycles. The monoisotopic (exact) mass is 267 g/mol. The minimum Gasteiger partial charge on any atom is -0.478 e. The fraction of sp³-hybridized carbons (Fsp3) is 0.538. The van der Waals surface area contributed by atoms with Crippen molar-refractivity contribution in [3.8, 4) is 0 Å². The summed E-state index contributed by atoms with van der Waals surface area (Å²) >= 11 is 1.61. The van der Waals surface area contributed by atoms with E-state index in [0.29, 0.717) is 11.7 Å². The number of nitrogens with zero attached hydrogens (tertiary/aromatic N) is 1. The molecule has 0 spiro atoms. The lowest BCUT2D eigenvalue weighted by molar-refractivity contribution is 0.0696. The third-order valence-corrected chi connectivity index (χ3v) is 3.94. The molecule has 1 atom stereocenters. The summed E-state index contributed by atoms with van der Waals surface area (Å²) in [4.78, 5) is 15.0. The van der Waals surface area contributed by atoms with Gasteiger partial charge in [0.15, 0.2) is 0 Å². The van der Waals surface area contributed by atoms with Crippen molar-refractivity contribution in [2.24, 2.45) is 0 Å². The van der Waals surface area contributed by atoms with E-state index in [9.17, 15) is 4.79 Å². The number of carboxylic acid groups (broad SMARTS) is 1. The van der Waals surface area contributed by atoms with Crippen LogP contribution in [-0.2, 0) is 4.74 Å². The first-order valence-corrected chi connectivity index (χ1v) is 7.18. The minimum absolute atomic E-state index is 0.298. The van der Waals surface area contributed by atoms with Crippen molar-refractivity contribution in [2.45, 2.75) is 36.8 Å². The summed E-state index contributed by atoms with van der Waals surface area (Å²) in [6, 6.07) is 3.14. The Kier molecular flexibility index (Phi) is 5.01. The summed E-state index contributed by atoms with van der Waals surface area (Å²) in [6.45, 7) is 0.903. The molecule has 98 valence electrons. The maximum atomic E-state index is 10.8. The Hall–Kier alpha value is -1.07. The van der Waals surface area contributed by atoms with Crippen LogP contribution in [0, 0.1) is 0 Å². The molecule has 1 unspecified atom stereocenters. The fourth-order valence-electron chi connectivity index (χ4n) is 1.98. The van der Waals surface area contributed by atoms with Gasteiger partial charge in [-0.15, -0.1) is 11.8 Å². The Morgan fingerprint density at radius 2 is 2.50 bits per heavy atom. The molecule has 1 aromatic heterocycles. The van der Waals surface area contributed by atoms with E-state index >= 15 is 0 Å². The number of hydrogen-bond donors (Lipinski definition) is 1. The van der Waals surface area contributed by atoms with Gasteiger partial charge in [0.25, 0.3) is 0 Å². The normalized spacial score (nSPS) is 19.0. The van der Waals surface area contributed by atoms with E-state index in [1.165, 1.54) is 18.9 Å².